The fourth-order valence-electron chi connectivity index (χ4n) is 1.97. The molecule has 0 aliphatic heterocycles. The van der Waals surface area contributed by atoms with Gasteiger partial charge in [-0.1, -0.05) is 6.07 Å². The quantitative estimate of drug-likeness (QED) is 0.647. The second-order valence-electron chi connectivity index (χ2n) is 4.32. The van der Waals surface area contributed by atoms with E-state index >= 15 is 0 Å². The van der Waals surface area contributed by atoms with E-state index < -0.39 is 0 Å². The lowest BCUT2D eigenvalue weighted by atomic mass is 10.1. The number of hydrogen-bond donors (Lipinski definition) is 0. The number of fused-ring (bicyclic) bond motifs is 1. The Kier molecular flexibility index (Phi) is 2.30. The third kappa shape index (κ3) is 1.72. The molecule has 18 heavy (non-hydrogen) atoms. The summed E-state index contributed by atoms with van der Waals surface area (Å²) in [6, 6.07) is 7.62. The molecular weight excluding hydrogens is 228 g/mol. The first-order chi connectivity index (χ1) is 8.63. The lowest BCUT2D eigenvalue weighted by molar-refractivity contribution is 0.0989. The minimum atomic E-state index is -0.0610. The van der Waals surface area contributed by atoms with Gasteiger partial charge in [-0.2, -0.15) is 5.10 Å². The summed E-state index contributed by atoms with van der Waals surface area (Å²) in [6.07, 6.45) is 3.76. The van der Waals surface area contributed by atoms with E-state index in [1.54, 1.807) is 10.7 Å². The van der Waals surface area contributed by atoms with Crippen LogP contribution in [0.1, 0.15) is 17.5 Å². The fourth-order valence-corrected chi connectivity index (χ4v) is 1.97. The van der Waals surface area contributed by atoms with Gasteiger partial charge in [-0.25, -0.2) is 0 Å². The number of aryl methyl sites for hydroxylation is 1. The van der Waals surface area contributed by atoms with Crippen molar-refractivity contribution in [2.75, 3.05) is 0 Å². The van der Waals surface area contributed by atoms with Gasteiger partial charge in [-0.15, -0.1) is 0 Å². The third-order valence-corrected chi connectivity index (χ3v) is 2.90. The maximum atomic E-state index is 11.3. The van der Waals surface area contributed by atoms with E-state index in [0.717, 1.165) is 22.1 Å². The lowest BCUT2D eigenvalue weighted by Crippen LogP contribution is -1.85. The van der Waals surface area contributed by atoms with Crippen LogP contribution in [0.2, 0.25) is 0 Å². The Morgan fingerprint density at radius 1 is 1.28 bits per heavy atom. The van der Waals surface area contributed by atoms with E-state index in [1.807, 2.05) is 37.6 Å². The highest BCUT2D eigenvalue weighted by atomic mass is 16.3. The number of carbonyl (C=O) groups is 1. The third-order valence-electron chi connectivity index (χ3n) is 2.90. The Balaban J connectivity index is 2.13. The summed E-state index contributed by atoms with van der Waals surface area (Å²) in [5.41, 5.74) is 2.84. The highest BCUT2D eigenvalue weighted by Crippen LogP contribution is 2.26. The first-order valence-electron chi connectivity index (χ1n) is 5.67. The molecule has 0 fully saturated rings. The molecule has 4 heteroatoms. The Morgan fingerprint density at radius 2 is 2.11 bits per heavy atom. The number of benzene rings is 1. The number of nitrogens with zero attached hydrogens (tertiary/aromatic N) is 2. The predicted octanol–water partition coefficient (Wildman–Crippen LogP) is 3.04. The molecule has 1 aromatic carbocycles. The Bertz CT molecular complexity index is 737. The number of hydrogen-bond acceptors (Lipinski definition) is 3. The largest absolute Gasteiger partial charge is 0.453 e. The minimum absolute atomic E-state index is 0.0610. The Morgan fingerprint density at radius 3 is 2.78 bits per heavy atom. The molecule has 0 amide bonds. The molecule has 0 atom stereocenters. The summed E-state index contributed by atoms with van der Waals surface area (Å²) in [5, 5.41) is 5.08. The molecule has 3 aromatic rings. The molecule has 0 saturated carbocycles. The molecule has 90 valence electrons. The highest BCUT2D eigenvalue weighted by molar-refractivity contribution is 5.96. The van der Waals surface area contributed by atoms with Crippen molar-refractivity contribution in [3.8, 4) is 11.1 Å². The van der Waals surface area contributed by atoms with Crippen LogP contribution in [0.5, 0.6) is 0 Å². The van der Waals surface area contributed by atoms with Crippen LogP contribution >= 0.6 is 0 Å². The van der Waals surface area contributed by atoms with Gasteiger partial charge >= 0.3 is 0 Å². The summed E-state index contributed by atoms with van der Waals surface area (Å²) < 4.78 is 7.21. The first-order valence-corrected chi connectivity index (χ1v) is 5.67. The standard InChI is InChI=1S/C14H12N2O2/c1-9(17)14-6-11-5-10(3-4-13(11)18-14)12-7-15-16(2)8-12/h3-8H,1-2H3. The molecule has 3 rings (SSSR count). The summed E-state index contributed by atoms with van der Waals surface area (Å²) in [7, 11) is 1.88. The SMILES string of the molecule is CC(=O)c1cc2cc(-c3cnn(C)c3)ccc2o1. The summed E-state index contributed by atoms with van der Waals surface area (Å²) in [4.78, 5) is 11.3. The number of rotatable bonds is 2. The minimum Gasteiger partial charge on any atom is -0.453 e. The molecule has 0 radical (unpaired) electrons. The second kappa shape index (κ2) is 3.84. The van der Waals surface area contributed by atoms with Gasteiger partial charge in [-0.05, 0) is 23.8 Å². The molecule has 0 aliphatic rings. The summed E-state index contributed by atoms with van der Waals surface area (Å²) in [5.74, 6) is 0.336. The first kappa shape index (κ1) is 10.8. The maximum absolute atomic E-state index is 11.3. The fraction of sp³-hybridized carbons (Fsp3) is 0.143. The number of carbonyl (C=O) groups excluding carboxylic acids is 1. The van der Waals surface area contributed by atoms with Crippen molar-refractivity contribution in [3.63, 3.8) is 0 Å². The monoisotopic (exact) mass is 240 g/mol. The molecule has 0 spiro atoms. The number of ketones is 1. The molecule has 4 nitrogen and oxygen atoms in total. The van der Waals surface area contributed by atoms with Gasteiger partial charge in [0, 0.05) is 31.1 Å². The van der Waals surface area contributed by atoms with Gasteiger partial charge in [0.25, 0.3) is 0 Å². The van der Waals surface area contributed by atoms with Gasteiger partial charge < -0.3 is 4.42 Å². The second-order valence-corrected chi connectivity index (χ2v) is 4.32. The number of furan rings is 1. The summed E-state index contributed by atoms with van der Waals surface area (Å²) >= 11 is 0. The molecule has 0 N–H and O–H groups in total. The normalized spacial score (nSPS) is 11.0. The average Bonchev–Trinajstić information content (AvgIpc) is 2.93. The van der Waals surface area contributed by atoms with E-state index in [2.05, 4.69) is 5.10 Å². The maximum Gasteiger partial charge on any atom is 0.194 e. The van der Waals surface area contributed by atoms with Crippen molar-refractivity contribution in [1.82, 2.24) is 9.78 Å². The molecule has 0 saturated heterocycles. The van der Waals surface area contributed by atoms with Crippen LogP contribution in [0.25, 0.3) is 22.1 Å². The van der Waals surface area contributed by atoms with E-state index in [9.17, 15) is 4.79 Å². The Hall–Kier alpha value is -2.36. The van der Waals surface area contributed by atoms with Gasteiger partial charge in [0.05, 0.1) is 6.20 Å². The smallest absolute Gasteiger partial charge is 0.194 e. The van der Waals surface area contributed by atoms with Crippen molar-refractivity contribution in [3.05, 3.63) is 42.4 Å². The van der Waals surface area contributed by atoms with Crippen molar-refractivity contribution in [2.45, 2.75) is 6.92 Å². The van der Waals surface area contributed by atoms with E-state index in [-0.39, 0.29) is 5.78 Å². The Labute approximate surface area is 104 Å². The van der Waals surface area contributed by atoms with E-state index in [0.29, 0.717) is 5.76 Å². The van der Waals surface area contributed by atoms with Crippen molar-refractivity contribution >= 4 is 16.8 Å². The van der Waals surface area contributed by atoms with Gasteiger partial charge in [0.2, 0.25) is 0 Å². The van der Waals surface area contributed by atoms with Gasteiger partial charge in [-0.3, -0.25) is 9.48 Å². The molecule has 0 bridgehead atoms. The van der Waals surface area contributed by atoms with Crippen LogP contribution in [-0.2, 0) is 7.05 Å². The van der Waals surface area contributed by atoms with Crippen LogP contribution in [0, 0.1) is 0 Å². The highest BCUT2D eigenvalue weighted by Gasteiger charge is 2.09. The summed E-state index contributed by atoms with van der Waals surface area (Å²) in [6.45, 7) is 1.50. The van der Waals surface area contributed by atoms with Gasteiger partial charge in [0.15, 0.2) is 11.5 Å². The molecule has 0 aliphatic carbocycles. The molecule has 2 heterocycles. The van der Waals surface area contributed by atoms with E-state index in [1.165, 1.54) is 6.92 Å². The van der Waals surface area contributed by atoms with Gasteiger partial charge in [0.1, 0.15) is 5.58 Å². The lowest BCUT2D eigenvalue weighted by Gasteiger charge is -1.96. The van der Waals surface area contributed by atoms with E-state index in [4.69, 9.17) is 4.42 Å². The molecule has 0 unspecified atom stereocenters. The zero-order valence-corrected chi connectivity index (χ0v) is 10.2. The molecular formula is C14H12N2O2. The molecule has 2 aromatic heterocycles. The number of Topliss-reactive ketones (excluding diaryl/α,β-unsaturated/α-hetero) is 1. The van der Waals surface area contributed by atoms with Crippen LogP contribution in [0.15, 0.2) is 41.1 Å². The van der Waals surface area contributed by atoms with Crippen molar-refractivity contribution < 1.29 is 9.21 Å². The zero-order chi connectivity index (χ0) is 12.7. The zero-order valence-electron chi connectivity index (χ0n) is 10.2. The van der Waals surface area contributed by atoms with Crippen LogP contribution in [0.4, 0.5) is 0 Å². The predicted molar refractivity (Wildman–Crippen MR) is 68.4 cm³/mol. The number of aromatic nitrogens is 2. The van der Waals surface area contributed by atoms with Crippen LogP contribution in [-0.4, -0.2) is 15.6 Å². The average molecular weight is 240 g/mol. The van der Waals surface area contributed by atoms with Crippen molar-refractivity contribution in [2.24, 2.45) is 7.05 Å². The van der Waals surface area contributed by atoms with Crippen LogP contribution in [0.3, 0.4) is 0 Å². The van der Waals surface area contributed by atoms with Crippen LogP contribution < -0.4 is 0 Å². The van der Waals surface area contributed by atoms with Crippen molar-refractivity contribution in [1.29, 1.82) is 0 Å². The topological polar surface area (TPSA) is 48.0 Å².